The maximum absolute atomic E-state index is 6.59. The van der Waals surface area contributed by atoms with Crippen molar-refractivity contribution in [3.8, 4) is 0 Å². The van der Waals surface area contributed by atoms with Gasteiger partial charge in [-0.25, -0.2) is 0 Å². The van der Waals surface area contributed by atoms with Crippen molar-refractivity contribution in [2.75, 3.05) is 11.4 Å². The monoisotopic (exact) mass is 910 g/mol. The lowest BCUT2D eigenvalue weighted by atomic mass is 10.0. The van der Waals surface area contributed by atoms with E-state index in [4.69, 9.17) is 23.2 Å². The smallest absolute Gasteiger partial charge is 0.263 e. The second kappa shape index (κ2) is 33.1. The first-order chi connectivity index (χ1) is 30.0. The van der Waals surface area contributed by atoms with Gasteiger partial charge in [0.15, 0.2) is 6.54 Å². The third-order valence-corrected chi connectivity index (χ3v) is 15.6. The van der Waals surface area contributed by atoms with E-state index in [1.54, 1.807) is 0 Å². The molecule has 6 heteroatoms. The van der Waals surface area contributed by atoms with E-state index in [1.807, 2.05) is 35.2 Å². The van der Waals surface area contributed by atoms with Crippen molar-refractivity contribution in [3.63, 3.8) is 0 Å². The van der Waals surface area contributed by atoms with Crippen molar-refractivity contribution >= 4 is 68.3 Å². The van der Waals surface area contributed by atoms with Crippen LogP contribution in [0.25, 0.3) is 16.3 Å². The van der Waals surface area contributed by atoms with Crippen molar-refractivity contribution < 1.29 is 4.57 Å². The molecule has 0 N–H and O–H groups in total. The molecule has 4 rings (SSSR count). The Kier molecular flexibility index (Phi) is 28.3. The highest BCUT2D eigenvalue weighted by atomic mass is 35.5. The van der Waals surface area contributed by atoms with Crippen LogP contribution in [0.2, 0.25) is 10.0 Å². The maximum Gasteiger partial charge on any atom is 0.263 e. The summed E-state index contributed by atoms with van der Waals surface area (Å²) in [5.74, 6) is 0. The van der Waals surface area contributed by atoms with Crippen LogP contribution in [0.1, 0.15) is 238 Å². The zero-order valence-electron chi connectivity index (χ0n) is 39.3. The molecular weight excluding hydrogens is 824 g/mol. The summed E-state index contributed by atoms with van der Waals surface area (Å²) in [6.07, 6.45) is 50.6. The van der Waals surface area contributed by atoms with Gasteiger partial charge in [0.25, 0.3) is 5.01 Å². The van der Waals surface area contributed by atoms with Crippen molar-refractivity contribution in [3.05, 3.63) is 68.1 Å². The molecule has 1 aliphatic rings. The molecule has 2 heterocycles. The highest BCUT2D eigenvalue weighted by molar-refractivity contribution is 8.03. The predicted octanol–water partition coefficient (Wildman–Crippen LogP) is 20.3. The van der Waals surface area contributed by atoms with E-state index in [9.17, 15) is 0 Å². The number of nitrogens with zero attached hydrogens (tertiary/aromatic N) is 2. The van der Waals surface area contributed by atoms with Gasteiger partial charge in [-0.3, -0.25) is 0 Å². The molecule has 0 saturated heterocycles. The first-order valence-electron chi connectivity index (χ1n) is 25.8. The molecule has 0 amide bonds. The van der Waals surface area contributed by atoms with Crippen LogP contribution in [-0.4, -0.2) is 6.54 Å². The van der Waals surface area contributed by atoms with Gasteiger partial charge >= 0.3 is 0 Å². The van der Waals surface area contributed by atoms with Crippen LogP contribution in [0, 0.1) is 0 Å². The van der Waals surface area contributed by atoms with Gasteiger partial charge in [-0.2, -0.15) is 4.57 Å². The lowest BCUT2D eigenvalue weighted by Crippen LogP contribution is -2.35. The van der Waals surface area contributed by atoms with E-state index in [-0.39, 0.29) is 0 Å². The summed E-state index contributed by atoms with van der Waals surface area (Å²) in [5, 5.41) is 4.31. The number of benzene rings is 2. The molecule has 2 aromatic carbocycles. The van der Waals surface area contributed by atoms with E-state index < -0.39 is 0 Å². The SMILES string of the molecule is CCCCCCCCCCCCCCCCCCN1/C(=C/C(=C/c2sc3ccc(Cl)cc3[n+]2CCCCCCCCCCCCCCCCCC)CC)Sc2ccc(Cl)cc21. The number of hydrogen-bond acceptors (Lipinski definition) is 3. The Hall–Kier alpha value is -1.46. The number of thioether (sulfide) groups is 1. The molecule has 342 valence electrons. The van der Waals surface area contributed by atoms with Gasteiger partial charge in [-0.1, -0.05) is 253 Å². The summed E-state index contributed by atoms with van der Waals surface area (Å²) < 4.78 is 3.87. The van der Waals surface area contributed by atoms with Crippen LogP contribution >= 0.6 is 46.3 Å². The largest absolute Gasteiger partial charge is 0.335 e. The van der Waals surface area contributed by atoms with Gasteiger partial charge in [0.1, 0.15) is 4.70 Å². The fraction of sp³-hybridized carbons (Fsp3) is 0.691. The van der Waals surface area contributed by atoms with Gasteiger partial charge < -0.3 is 4.90 Å². The number of hydrogen-bond donors (Lipinski definition) is 0. The Labute approximate surface area is 394 Å². The van der Waals surface area contributed by atoms with Crippen molar-refractivity contribution in [2.45, 2.75) is 244 Å². The molecule has 0 saturated carbocycles. The van der Waals surface area contributed by atoms with Gasteiger partial charge in [-0.15, -0.1) is 0 Å². The molecule has 0 aliphatic carbocycles. The third kappa shape index (κ3) is 20.9. The van der Waals surface area contributed by atoms with Gasteiger partial charge in [-0.05, 0) is 61.2 Å². The van der Waals surface area contributed by atoms with E-state index in [2.05, 4.69) is 66.7 Å². The average Bonchev–Trinajstić information content (AvgIpc) is 3.78. The second-order valence-electron chi connectivity index (χ2n) is 18.2. The maximum atomic E-state index is 6.59. The zero-order chi connectivity index (χ0) is 43.2. The quantitative estimate of drug-likeness (QED) is 0.0420. The number of aromatic nitrogens is 1. The second-order valence-corrected chi connectivity index (χ2v) is 21.2. The van der Waals surface area contributed by atoms with Crippen LogP contribution in [0.4, 0.5) is 5.69 Å². The van der Waals surface area contributed by atoms with E-state index in [0.29, 0.717) is 0 Å². The molecule has 0 fully saturated rings. The molecule has 0 bridgehead atoms. The minimum Gasteiger partial charge on any atom is -0.335 e. The lowest BCUT2D eigenvalue weighted by molar-refractivity contribution is -0.669. The molecule has 2 nitrogen and oxygen atoms in total. The number of thiazole rings is 1. The fourth-order valence-electron chi connectivity index (χ4n) is 9.02. The Balaban J connectivity index is 1.23. The molecule has 3 aromatic rings. The highest BCUT2D eigenvalue weighted by Gasteiger charge is 2.26. The molecule has 0 spiro atoms. The number of rotatable bonds is 37. The van der Waals surface area contributed by atoms with Crippen molar-refractivity contribution in [2.24, 2.45) is 0 Å². The molecule has 1 aliphatic heterocycles. The van der Waals surface area contributed by atoms with Crippen molar-refractivity contribution in [1.29, 1.82) is 0 Å². The van der Waals surface area contributed by atoms with Crippen LogP contribution in [0.5, 0.6) is 0 Å². The number of unbranched alkanes of at least 4 members (excludes halogenated alkanes) is 30. The summed E-state index contributed by atoms with van der Waals surface area (Å²) in [5.41, 5.74) is 3.92. The molecule has 0 atom stereocenters. The average molecular weight is 911 g/mol. The topological polar surface area (TPSA) is 7.12 Å². The van der Waals surface area contributed by atoms with Crippen LogP contribution in [0.3, 0.4) is 0 Å². The molecule has 0 radical (unpaired) electrons. The fourth-order valence-corrected chi connectivity index (χ4v) is 11.6. The number of allylic oxidation sites excluding steroid dienone is 2. The standard InChI is InChI=1S/C55H87Cl2N2S2/c1-4-7-9-11-13-15-17-19-21-23-25-27-29-31-33-35-41-58-50-45-48(56)37-39-52(50)60-54(58)43-47(6-3)44-55-59(51-46-49(57)38-40-53(51)61-55)42-36-34-32-30-28-26-24-22-20-18-16-14-12-10-8-5-2/h37-40,43-46H,4-36,41-42H2,1-3H3/q+1. The first kappa shape index (κ1) is 52.2. The van der Waals surface area contributed by atoms with Crippen LogP contribution in [-0.2, 0) is 6.54 Å². The first-order valence-corrected chi connectivity index (χ1v) is 28.2. The number of fused-ring (bicyclic) bond motifs is 2. The minimum absolute atomic E-state index is 0.822. The normalized spacial score (nSPS) is 13.7. The summed E-state index contributed by atoms with van der Waals surface area (Å²) in [4.78, 5) is 3.87. The summed E-state index contributed by atoms with van der Waals surface area (Å²) in [6.45, 7) is 9.00. The predicted molar refractivity (Wildman–Crippen MR) is 277 cm³/mol. The Morgan fingerprint density at radius 2 is 0.984 bits per heavy atom. The summed E-state index contributed by atoms with van der Waals surface area (Å²) >= 11 is 17.0. The van der Waals surface area contributed by atoms with E-state index in [1.165, 1.54) is 242 Å². The Morgan fingerprint density at radius 3 is 1.48 bits per heavy atom. The molecule has 0 unspecified atom stereocenters. The molecule has 61 heavy (non-hydrogen) atoms. The minimum atomic E-state index is 0.822. The van der Waals surface area contributed by atoms with Crippen LogP contribution < -0.4 is 9.47 Å². The third-order valence-electron chi connectivity index (χ3n) is 12.9. The van der Waals surface area contributed by atoms with Crippen molar-refractivity contribution in [1.82, 2.24) is 0 Å². The van der Waals surface area contributed by atoms with Gasteiger partial charge in [0.2, 0.25) is 5.52 Å². The van der Waals surface area contributed by atoms with Gasteiger partial charge in [0.05, 0.1) is 10.7 Å². The number of aryl methyl sites for hydroxylation is 1. The molecule has 1 aromatic heterocycles. The summed E-state index contributed by atoms with van der Waals surface area (Å²) in [7, 11) is 0. The Morgan fingerprint density at radius 1 is 0.541 bits per heavy atom. The van der Waals surface area contributed by atoms with E-state index >= 15 is 0 Å². The summed E-state index contributed by atoms with van der Waals surface area (Å²) in [6, 6.07) is 12.9. The van der Waals surface area contributed by atoms with Crippen LogP contribution in [0.15, 0.2) is 58.0 Å². The number of halogens is 2. The zero-order valence-corrected chi connectivity index (χ0v) is 42.5. The molecular formula is C55H87Cl2N2S2+. The Bertz CT molecular complexity index is 1660. The van der Waals surface area contributed by atoms with Gasteiger partial charge in [0, 0.05) is 40.0 Å². The lowest BCUT2D eigenvalue weighted by Gasteiger charge is -2.21. The number of anilines is 1. The highest BCUT2D eigenvalue weighted by Crippen LogP contribution is 2.47. The van der Waals surface area contributed by atoms with E-state index in [0.717, 1.165) is 29.6 Å².